The van der Waals surface area contributed by atoms with E-state index in [1.54, 1.807) is 0 Å². The van der Waals surface area contributed by atoms with Crippen LogP contribution in [0.5, 0.6) is 11.5 Å². The van der Waals surface area contributed by atoms with E-state index in [2.05, 4.69) is 15.9 Å². The van der Waals surface area contributed by atoms with Gasteiger partial charge in [0.05, 0.1) is 0 Å². The molecule has 2 aromatic rings. The summed E-state index contributed by atoms with van der Waals surface area (Å²) in [5, 5.41) is 0.201. The van der Waals surface area contributed by atoms with Gasteiger partial charge in [0, 0.05) is 0 Å². The molecule has 0 aliphatic carbocycles. The van der Waals surface area contributed by atoms with Gasteiger partial charge in [0.25, 0.3) is 0 Å². The van der Waals surface area contributed by atoms with Crippen LogP contribution in [0.15, 0.2) is 54.6 Å². The summed E-state index contributed by atoms with van der Waals surface area (Å²) in [6, 6.07) is 17.1. The summed E-state index contributed by atoms with van der Waals surface area (Å²) >= 11 is 3.07. The number of hydrogen-bond donors (Lipinski definition) is 0. The van der Waals surface area contributed by atoms with Crippen LogP contribution in [0.25, 0.3) is 0 Å². The molecule has 0 amide bonds. The van der Waals surface area contributed by atoms with E-state index >= 15 is 0 Å². The van der Waals surface area contributed by atoms with Crippen LogP contribution < -0.4 is 4.74 Å². The van der Waals surface area contributed by atoms with E-state index in [0.29, 0.717) is 0 Å². The number of halogens is 1. The zero-order chi connectivity index (χ0) is 14.4. The zero-order valence-electron chi connectivity index (χ0n) is 11.1. The minimum Gasteiger partial charge on any atom is -0.457 e. The van der Waals surface area contributed by atoms with Gasteiger partial charge in [-0.1, -0.05) is 46.3 Å². The molecule has 0 saturated heterocycles. The summed E-state index contributed by atoms with van der Waals surface area (Å²) in [5.74, 6) is 1.26. The second-order valence-corrected chi connectivity index (χ2v) is 4.81. The van der Waals surface area contributed by atoms with E-state index < -0.39 is 0 Å². The van der Waals surface area contributed by atoms with Crippen molar-refractivity contribution < 1.29 is 14.3 Å². The predicted octanol–water partition coefficient (Wildman–Crippen LogP) is 4.48. The molecule has 20 heavy (non-hydrogen) atoms. The van der Waals surface area contributed by atoms with Crippen LogP contribution in [-0.2, 0) is 9.53 Å². The molecule has 0 heterocycles. The first-order valence-electron chi connectivity index (χ1n) is 6.27. The standard InChI is InChI=1S/C16H15BrO3/c1-12(19-16(18)11-17)13-7-9-15(10-8-13)20-14-5-3-2-4-6-14/h2-10,12H,11H2,1H3. The largest absolute Gasteiger partial charge is 0.457 e. The number of carbonyl (C=O) groups is 1. The van der Waals surface area contributed by atoms with Crippen molar-refractivity contribution in [3.63, 3.8) is 0 Å². The van der Waals surface area contributed by atoms with Gasteiger partial charge in [-0.05, 0) is 36.8 Å². The maximum Gasteiger partial charge on any atom is 0.317 e. The topological polar surface area (TPSA) is 35.5 Å². The Labute approximate surface area is 126 Å². The number of rotatable bonds is 5. The van der Waals surface area contributed by atoms with Crippen molar-refractivity contribution >= 4 is 21.9 Å². The first kappa shape index (κ1) is 14.6. The van der Waals surface area contributed by atoms with Crippen LogP contribution >= 0.6 is 15.9 Å². The number of esters is 1. The fraction of sp³-hybridized carbons (Fsp3) is 0.188. The number of alkyl halides is 1. The summed E-state index contributed by atoms with van der Waals surface area (Å²) < 4.78 is 10.9. The molecule has 0 spiro atoms. The Kier molecular flexibility index (Phi) is 5.18. The highest BCUT2D eigenvalue weighted by Crippen LogP contribution is 2.24. The second kappa shape index (κ2) is 7.10. The Hall–Kier alpha value is -1.81. The van der Waals surface area contributed by atoms with E-state index in [0.717, 1.165) is 17.1 Å². The molecule has 0 fully saturated rings. The molecule has 0 aromatic heterocycles. The van der Waals surface area contributed by atoms with Crippen molar-refractivity contribution in [1.82, 2.24) is 0 Å². The molecule has 2 rings (SSSR count). The molecule has 4 heteroatoms. The number of para-hydroxylation sites is 1. The lowest BCUT2D eigenvalue weighted by atomic mass is 10.1. The molecule has 0 N–H and O–H groups in total. The Balaban J connectivity index is 2.01. The smallest absolute Gasteiger partial charge is 0.317 e. The molecule has 0 saturated carbocycles. The molecule has 0 aliphatic rings. The average molecular weight is 335 g/mol. The third-order valence-corrected chi connectivity index (χ3v) is 3.20. The minimum absolute atomic E-state index is 0.201. The number of carbonyl (C=O) groups excluding carboxylic acids is 1. The van der Waals surface area contributed by atoms with E-state index in [-0.39, 0.29) is 17.4 Å². The first-order valence-corrected chi connectivity index (χ1v) is 7.39. The lowest BCUT2D eigenvalue weighted by Crippen LogP contribution is -2.09. The van der Waals surface area contributed by atoms with Gasteiger partial charge in [-0.15, -0.1) is 0 Å². The summed E-state index contributed by atoms with van der Waals surface area (Å²) in [4.78, 5) is 11.2. The Morgan fingerprint density at radius 1 is 1.05 bits per heavy atom. The predicted molar refractivity (Wildman–Crippen MR) is 81.3 cm³/mol. The van der Waals surface area contributed by atoms with Crippen LogP contribution in [-0.4, -0.2) is 11.3 Å². The van der Waals surface area contributed by atoms with Gasteiger partial charge < -0.3 is 9.47 Å². The summed E-state index contributed by atoms with van der Waals surface area (Å²) in [6.07, 6.45) is -0.272. The Morgan fingerprint density at radius 3 is 2.25 bits per heavy atom. The lowest BCUT2D eigenvalue weighted by Gasteiger charge is -2.13. The number of ether oxygens (including phenoxy) is 2. The second-order valence-electron chi connectivity index (χ2n) is 4.25. The summed E-state index contributed by atoms with van der Waals surface area (Å²) in [7, 11) is 0. The maximum absolute atomic E-state index is 11.2. The maximum atomic E-state index is 11.2. The van der Waals surface area contributed by atoms with Gasteiger partial charge in [-0.3, -0.25) is 4.79 Å². The molecule has 2 aromatic carbocycles. The third-order valence-electron chi connectivity index (χ3n) is 2.75. The summed E-state index contributed by atoms with van der Waals surface area (Å²) in [5.41, 5.74) is 0.930. The van der Waals surface area contributed by atoms with Crippen LogP contribution in [0.4, 0.5) is 0 Å². The molecule has 0 aliphatic heterocycles. The molecule has 0 radical (unpaired) electrons. The fourth-order valence-corrected chi connectivity index (χ4v) is 1.86. The molecular weight excluding hydrogens is 320 g/mol. The van der Waals surface area contributed by atoms with Gasteiger partial charge in [0.2, 0.25) is 0 Å². The molecule has 1 unspecified atom stereocenters. The first-order chi connectivity index (χ1) is 9.69. The average Bonchev–Trinajstić information content (AvgIpc) is 2.49. The van der Waals surface area contributed by atoms with E-state index in [4.69, 9.17) is 9.47 Å². The molecular formula is C16H15BrO3. The van der Waals surface area contributed by atoms with Crippen LogP contribution in [0, 0.1) is 0 Å². The van der Waals surface area contributed by atoms with Crippen LogP contribution in [0.2, 0.25) is 0 Å². The molecule has 3 nitrogen and oxygen atoms in total. The van der Waals surface area contributed by atoms with Crippen molar-refractivity contribution in [3.05, 3.63) is 60.2 Å². The lowest BCUT2D eigenvalue weighted by molar-refractivity contribution is -0.145. The van der Waals surface area contributed by atoms with Crippen molar-refractivity contribution in [3.8, 4) is 11.5 Å². The van der Waals surface area contributed by atoms with Crippen molar-refractivity contribution in [2.24, 2.45) is 0 Å². The van der Waals surface area contributed by atoms with E-state index in [9.17, 15) is 4.79 Å². The van der Waals surface area contributed by atoms with Gasteiger partial charge >= 0.3 is 5.97 Å². The quantitative estimate of drug-likeness (QED) is 0.597. The summed E-state index contributed by atoms with van der Waals surface area (Å²) in [6.45, 7) is 1.84. The van der Waals surface area contributed by atoms with Crippen LogP contribution in [0.3, 0.4) is 0 Å². The van der Waals surface area contributed by atoms with Crippen molar-refractivity contribution in [2.45, 2.75) is 13.0 Å². The van der Waals surface area contributed by atoms with Crippen molar-refractivity contribution in [2.75, 3.05) is 5.33 Å². The highest BCUT2D eigenvalue weighted by Gasteiger charge is 2.10. The molecule has 104 valence electrons. The zero-order valence-corrected chi connectivity index (χ0v) is 12.7. The van der Waals surface area contributed by atoms with E-state index in [1.807, 2.05) is 61.5 Å². The Morgan fingerprint density at radius 2 is 1.65 bits per heavy atom. The SMILES string of the molecule is CC(OC(=O)CBr)c1ccc(Oc2ccccc2)cc1. The Bertz CT molecular complexity index is 552. The minimum atomic E-state index is -0.276. The van der Waals surface area contributed by atoms with Gasteiger partial charge in [0.1, 0.15) is 22.9 Å². The van der Waals surface area contributed by atoms with Crippen molar-refractivity contribution in [1.29, 1.82) is 0 Å². The number of hydrogen-bond acceptors (Lipinski definition) is 3. The van der Waals surface area contributed by atoms with Gasteiger partial charge in [-0.25, -0.2) is 0 Å². The number of benzene rings is 2. The molecule has 1 atom stereocenters. The normalized spacial score (nSPS) is 11.7. The molecule has 0 bridgehead atoms. The van der Waals surface area contributed by atoms with Crippen LogP contribution in [0.1, 0.15) is 18.6 Å². The van der Waals surface area contributed by atoms with Gasteiger partial charge in [-0.2, -0.15) is 0 Å². The van der Waals surface area contributed by atoms with Gasteiger partial charge in [0.15, 0.2) is 0 Å². The highest BCUT2D eigenvalue weighted by molar-refractivity contribution is 9.09. The third kappa shape index (κ3) is 4.10. The van der Waals surface area contributed by atoms with E-state index in [1.165, 1.54) is 0 Å². The monoisotopic (exact) mass is 334 g/mol. The fourth-order valence-electron chi connectivity index (χ4n) is 1.73. The highest BCUT2D eigenvalue weighted by atomic mass is 79.9.